The average Bonchev–Trinajstić information content (AvgIpc) is 2.78. The van der Waals surface area contributed by atoms with Gasteiger partial charge in [0, 0.05) is 29.5 Å². The number of amides is 1. The average molecular weight is 511 g/mol. The molecule has 9 heteroatoms. The van der Waals surface area contributed by atoms with Crippen molar-refractivity contribution in [2.24, 2.45) is 5.92 Å². The summed E-state index contributed by atoms with van der Waals surface area (Å²) in [6, 6.07) is 12.2. The molecule has 1 N–H and O–H groups in total. The second-order valence-electron chi connectivity index (χ2n) is 7.48. The van der Waals surface area contributed by atoms with E-state index < -0.39 is 10.0 Å². The summed E-state index contributed by atoms with van der Waals surface area (Å²) in [4.78, 5) is 12.9. The Kier molecular flexibility index (Phi) is 7.61. The van der Waals surface area contributed by atoms with E-state index in [4.69, 9.17) is 9.47 Å². The highest BCUT2D eigenvalue weighted by Gasteiger charge is 2.33. The molecule has 0 saturated carbocycles. The fourth-order valence-electron chi connectivity index (χ4n) is 3.67. The van der Waals surface area contributed by atoms with Crippen molar-refractivity contribution >= 4 is 31.9 Å². The first kappa shape index (κ1) is 23.6. The summed E-state index contributed by atoms with van der Waals surface area (Å²) < 4.78 is 38.9. The van der Waals surface area contributed by atoms with Crippen LogP contribution < -0.4 is 14.8 Å². The largest absolute Gasteiger partial charge is 0.493 e. The van der Waals surface area contributed by atoms with E-state index >= 15 is 0 Å². The maximum Gasteiger partial charge on any atom is 0.243 e. The van der Waals surface area contributed by atoms with Crippen LogP contribution in [0.2, 0.25) is 0 Å². The van der Waals surface area contributed by atoms with Crippen molar-refractivity contribution in [3.05, 3.63) is 52.5 Å². The van der Waals surface area contributed by atoms with Gasteiger partial charge in [0.2, 0.25) is 15.9 Å². The molecular formula is C22H27BrN2O5S. The van der Waals surface area contributed by atoms with E-state index in [1.165, 1.54) is 30.7 Å². The van der Waals surface area contributed by atoms with Gasteiger partial charge in [-0.15, -0.1) is 0 Å². The van der Waals surface area contributed by atoms with Gasteiger partial charge in [-0.2, -0.15) is 4.31 Å². The lowest BCUT2D eigenvalue weighted by atomic mass is 9.96. The molecule has 7 nitrogen and oxygen atoms in total. The van der Waals surface area contributed by atoms with E-state index in [0.29, 0.717) is 37.4 Å². The standard InChI is InChI=1S/C22H27BrN2O5S/c1-15(17-5-4-6-18(23)13-17)24-22(26)16-9-11-25(12-10-16)31(27,28)19-7-8-20(29-2)21(14-19)30-3/h4-8,13-16H,9-12H2,1-3H3,(H,24,26)/t15-/m0/s1. The highest BCUT2D eigenvalue weighted by atomic mass is 79.9. The summed E-state index contributed by atoms with van der Waals surface area (Å²) in [5.41, 5.74) is 1.01. The molecule has 1 atom stereocenters. The molecule has 0 radical (unpaired) electrons. The van der Waals surface area contributed by atoms with Gasteiger partial charge in [0.25, 0.3) is 0 Å². The number of rotatable bonds is 7. The first-order chi connectivity index (χ1) is 14.8. The molecule has 0 aliphatic carbocycles. The van der Waals surface area contributed by atoms with Gasteiger partial charge in [-0.3, -0.25) is 4.79 Å². The van der Waals surface area contributed by atoms with Gasteiger partial charge in [-0.05, 0) is 49.6 Å². The minimum absolute atomic E-state index is 0.0457. The number of ether oxygens (including phenoxy) is 2. The van der Waals surface area contributed by atoms with Crippen molar-refractivity contribution in [3.63, 3.8) is 0 Å². The first-order valence-electron chi connectivity index (χ1n) is 10.0. The molecule has 2 aromatic carbocycles. The van der Waals surface area contributed by atoms with Crippen molar-refractivity contribution in [1.82, 2.24) is 9.62 Å². The Morgan fingerprint density at radius 1 is 1.10 bits per heavy atom. The van der Waals surface area contributed by atoms with Crippen LogP contribution in [-0.2, 0) is 14.8 Å². The topological polar surface area (TPSA) is 84.9 Å². The van der Waals surface area contributed by atoms with Crippen molar-refractivity contribution in [2.45, 2.75) is 30.7 Å². The molecule has 0 spiro atoms. The van der Waals surface area contributed by atoms with E-state index in [2.05, 4.69) is 21.2 Å². The van der Waals surface area contributed by atoms with Gasteiger partial charge in [0.05, 0.1) is 25.2 Å². The Hall–Kier alpha value is -2.10. The third-order valence-corrected chi connectivity index (χ3v) is 7.91. The predicted molar refractivity (Wildman–Crippen MR) is 122 cm³/mol. The van der Waals surface area contributed by atoms with E-state index in [1.807, 2.05) is 31.2 Å². The molecule has 1 aliphatic heterocycles. The van der Waals surface area contributed by atoms with Crippen LogP contribution in [0.4, 0.5) is 0 Å². The fourth-order valence-corrected chi connectivity index (χ4v) is 5.58. The molecule has 1 aliphatic rings. The maximum atomic E-state index is 13.1. The quantitative estimate of drug-likeness (QED) is 0.613. The smallest absolute Gasteiger partial charge is 0.243 e. The van der Waals surface area contributed by atoms with E-state index in [-0.39, 0.29) is 22.8 Å². The summed E-state index contributed by atoms with van der Waals surface area (Å²) in [5, 5.41) is 3.05. The van der Waals surface area contributed by atoms with Crippen molar-refractivity contribution < 1.29 is 22.7 Å². The number of piperidine rings is 1. The van der Waals surface area contributed by atoms with E-state index in [0.717, 1.165) is 10.0 Å². The molecule has 0 unspecified atom stereocenters. The van der Waals surface area contributed by atoms with Gasteiger partial charge < -0.3 is 14.8 Å². The molecule has 1 fully saturated rings. The fraction of sp³-hybridized carbons (Fsp3) is 0.409. The maximum absolute atomic E-state index is 13.1. The van der Waals surface area contributed by atoms with Crippen LogP contribution in [0.5, 0.6) is 11.5 Å². The SMILES string of the molecule is COc1ccc(S(=O)(=O)N2CCC(C(=O)N[C@@H](C)c3cccc(Br)c3)CC2)cc1OC. The molecule has 168 valence electrons. The zero-order valence-corrected chi connectivity index (χ0v) is 20.2. The number of carbonyl (C=O) groups excluding carboxylic acids is 1. The monoisotopic (exact) mass is 510 g/mol. The van der Waals surface area contributed by atoms with E-state index in [1.54, 1.807) is 6.07 Å². The normalized spacial score (nSPS) is 16.5. The Balaban J connectivity index is 1.62. The van der Waals surface area contributed by atoms with Gasteiger partial charge in [-0.1, -0.05) is 28.1 Å². The predicted octanol–water partition coefficient (Wildman–Crippen LogP) is 3.74. The summed E-state index contributed by atoms with van der Waals surface area (Å²) in [5.74, 6) is 0.567. The Labute approximate surface area is 191 Å². The van der Waals surface area contributed by atoms with Gasteiger partial charge in [0.15, 0.2) is 11.5 Å². The van der Waals surface area contributed by atoms with Crippen LogP contribution in [0.15, 0.2) is 51.8 Å². The molecular weight excluding hydrogens is 484 g/mol. The third-order valence-electron chi connectivity index (χ3n) is 5.52. The van der Waals surface area contributed by atoms with Crippen LogP contribution in [0, 0.1) is 5.92 Å². The zero-order chi connectivity index (χ0) is 22.6. The molecule has 31 heavy (non-hydrogen) atoms. The lowest BCUT2D eigenvalue weighted by Gasteiger charge is -2.31. The summed E-state index contributed by atoms with van der Waals surface area (Å²) in [6.45, 7) is 2.52. The molecule has 0 aromatic heterocycles. The molecule has 3 rings (SSSR count). The highest BCUT2D eigenvalue weighted by molar-refractivity contribution is 9.10. The number of carbonyl (C=O) groups is 1. The molecule has 2 aromatic rings. The van der Waals surface area contributed by atoms with Crippen LogP contribution >= 0.6 is 15.9 Å². The second-order valence-corrected chi connectivity index (χ2v) is 10.3. The Bertz CT molecular complexity index is 1040. The molecule has 1 amide bonds. The van der Waals surface area contributed by atoms with Crippen molar-refractivity contribution in [2.75, 3.05) is 27.3 Å². The van der Waals surface area contributed by atoms with Crippen LogP contribution in [-0.4, -0.2) is 45.9 Å². The van der Waals surface area contributed by atoms with Crippen molar-refractivity contribution in [3.8, 4) is 11.5 Å². The van der Waals surface area contributed by atoms with Gasteiger partial charge in [-0.25, -0.2) is 8.42 Å². The summed E-state index contributed by atoms with van der Waals surface area (Å²) >= 11 is 3.44. The number of halogens is 1. The lowest BCUT2D eigenvalue weighted by Crippen LogP contribution is -2.43. The number of hydrogen-bond donors (Lipinski definition) is 1. The van der Waals surface area contributed by atoms with Crippen molar-refractivity contribution in [1.29, 1.82) is 0 Å². The molecule has 1 saturated heterocycles. The minimum atomic E-state index is -3.68. The Morgan fingerprint density at radius 3 is 2.39 bits per heavy atom. The number of benzene rings is 2. The number of sulfonamides is 1. The second kappa shape index (κ2) is 10.0. The zero-order valence-electron chi connectivity index (χ0n) is 17.8. The number of hydrogen-bond acceptors (Lipinski definition) is 5. The van der Waals surface area contributed by atoms with Gasteiger partial charge in [0.1, 0.15) is 0 Å². The number of methoxy groups -OCH3 is 2. The van der Waals surface area contributed by atoms with Crippen LogP contribution in [0.1, 0.15) is 31.4 Å². The Morgan fingerprint density at radius 2 is 1.77 bits per heavy atom. The number of nitrogens with one attached hydrogen (secondary N) is 1. The lowest BCUT2D eigenvalue weighted by molar-refractivity contribution is -0.126. The number of nitrogens with zero attached hydrogens (tertiary/aromatic N) is 1. The third kappa shape index (κ3) is 5.39. The van der Waals surface area contributed by atoms with Gasteiger partial charge >= 0.3 is 0 Å². The first-order valence-corrected chi connectivity index (χ1v) is 12.3. The summed E-state index contributed by atoms with van der Waals surface area (Å²) in [6.07, 6.45) is 0.952. The minimum Gasteiger partial charge on any atom is -0.493 e. The van der Waals surface area contributed by atoms with Crippen LogP contribution in [0.3, 0.4) is 0 Å². The molecule has 0 bridgehead atoms. The molecule has 1 heterocycles. The van der Waals surface area contributed by atoms with Crippen LogP contribution in [0.25, 0.3) is 0 Å². The van der Waals surface area contributed by atoms with E-state index in [9.17, 15) is 13.2 Å². The summed E-state index contributed by atoms with van der Waals surface area (Å²) in [7, 11) is -0.714. The highest BCUT2D eigenvalue weighted by Crippen LogP contribution is 2.32.